The van der Waals surface area contributed by atoms with E-state index < -0.39 is 0 Å². The summed E-state index contributed by atoms with van der Waals surface area (Å²) in [5.41, 5.74) is 4.15. The van der Waals surface area contributed by atoms with Gasteiger partial charge in [-0.15, -0.1) is 0 Å². The highest BCUT2D eigenvalue weighted by Crippen LogP contribution is 2.26. The van der Waals surface area contributed by atoms with Crippen LogP contribution in [0.4, 0.5) is 5.69 Å². The molecule has 0 saturated carbocycles. The van der Waals surface area contributed by atoms with E-state index in [4.69, 9.17) is 4.42 Å². The van der Waals surface area contributed by atoms with Crippen LogP contribution >= 0.6 is 15.9 Å². The molecule has 102 valence electrons. The van der Waals surface area contributed by atoms with Crippen molar-refractivity contribution in [1.29, 1.82) is 0 Å². The van der Waals surface area contributed by atoms with Gasteiger partial charge in [0.05, 0.1) is 11.4 Å². The van der Waals surface area contributed by atoms with Crippen LogP contribution in [0.5, 0.6) is 0 Å². The van der Waals surface area contributed by atoms with Gasteiger partial charge in [-0.05, 0) is 48.0 Å². The Morgan fingerprint density at radius 1 is 1.15 bits per heavy atom. The van der Waals surface area contributed by atoms with Gasteiger partial charge in [-0.25, -0.2) is 4.98 Å². The Kier molecular flexibility index (Phi) is 3.49. The smallest absolute Gasteiger partial charge is 0.134 e. The number of nitrogens with zero attached hydrogens (tertiary/aromatic N) is 1. The molecule has 2 heterocycles. The molecule has 0 fully saturated rings. The van der Waals surface area contributed by atoms with Gasteiger partial charge in [0, 0.05) is 17.5 Å². The van der Waals surface area contributed by atoms with Gasteiger partial charge in [0.2, 0.25) is 0 Å². The summed E-state index contributed by atoms with van der Waals surface area (Å²) in [6.07, 6.45) is 0. The van der Waals surface area contributed by atoms with Crippen LogP contribution < -0.4 is 5.32 Å². The molecule has 3 nitrogen and oxygen atoms in total. The lowest BCUT2D eigenvalue weighted by molar-refractivity contribution is 0.573. The van der Waals surface area contributed by atoms with Crippen molar-refractivity contribution in [2.45, 2.75) is 20.4 Å². The summed E-state index contributed by atoms with van der Waals surface area (Å²) in [6.45, 7) is 4.73. The summed E-state index contributed by atoms with van der Waals surface area (Å²) in [5.74, 6) is 0.960. The number of rotatable bonds is 3. The van der Waals surface area contributed by atoms with Gasteiger partial charge in [0.1, 0.15) is 15.9 Å². The van der Waals surface area contributed by atoms with Crippen molar-refractivity contribution < 1.29 is 4.42 Å². The second-order valence-electron chi connectivity index (χ2n) is 4.75. The molecule has 0 aliphatic rings. The van der Waals surface area contributed by atoms with Gasteiger partial charge in [-0.3, -0.25) is 0 Å². The zero-order valence-electron chi connectivity index (χ0n) is 11.4. The van der Waals surface area contributed by atoms with Crippen LogP contribution in [-0.2, 0) is 6.54 Å². The molecule has 2 aromatic heterocycles. The van der Waals surface area contributed by atoms with Crippen molar-refractivity contribution in [2.75, 3.05) is 5.32 Å². The lowest BCUT2D eigenvalue weighted by Gasteiger charge is -2.09. The number of para-hydroxylation sites is 1. The Bertz CT molecular complexity index is 764. The third kappa shape index (κ3) is 2.43. The van der Waals surface area contributed by atoms with E-state index in [2.05, 4.69) is 32.3 Å². The van der Waals surface area contributed by atoms with E-state index in [0.717, 1.165) is 33.9 Å². The fourth-order valence-corrected chi connectivity index (χ4v) is 2.74. The van der Waals surface area contributed by atoms with Crippen LogP contribution in [0.3, 0.4) is 0 Å². The van der Waals surface area contributed by atoms with E-state index in [9.17, 15) is 0 Å². The molecule has 0 bridgehead atoms. The minimum atomic E-state index is 0.729. The zero-order valence-corrected chi connectivity index (χ0v) is 13.0. The molecular formula is C16H15BrN2O. The van der Waals surface area contributed by atoms with Crippen LogP contribution in [0.2, 0.25) is 0 Å². The molecular weight excluding hydrogens is 316 g/mol. The first kappa shape index (κ1) is 13.2. The fourth-order valence-electron chi connectivity index (χ4n) is 2.34. The average molecular weight is 331 g/mol. The third-order valence-corrected chi connectivity index (χ3v) is 3.85. The number of benzene rings is 1. The molecule has 0 aliphatic heterocycles. The SMILES string of the molecule is Cc1nc(Br)ccc1NCc1c(C)oc2ccccc12. The normalized spacial score (nSPS) is 10.9. The van der Waals surface area contributed by atoms with E-state index in [-0.39, 0.29) is 0 Å². The van der Waals surface area contributed by atoms with Gasteiger partial charge in [-0.2, -0.15) is 0 Å². The van der Waals surface area contributed by atoms with Crippen molar-refractivity contribution >= 4 is 32.6 Å². The first-order chi connectivity index (χ1) is 9.65. The Morgan fingerprint density at radius 2 is 1.95 bits per heavy atom. The monoisotopic (exact) mass is 330 g/mol. The number of hydrogen-bond donors (Lipinski definition) is 1. The maximum atomic E-state index is 5.77. The lowest BCUT2D eigenvalue weighted by atomic mass is 10.1. The van der Waals surface area contributed by atoms with E-state index in [0.29, 0.717) is 0 Å². The lowest BCUT2D eigenvalue weighted by Crippen LogP contribution is -2.02. The van der Waals surface area contributed by atoms with Crippen LogP contribution in [0, 0.1) is 13.8 Å². The molecule has 0 unspecified atom stereocenters. The number of pyridine rings is 1. The summed E-state index contributed by atoms with van der Waals surface area (Å²) < 4.78 is 6.63. The van der Waals surface area contributed by atoms with Crippen LogP contribution in [0.15, 0.2) is 45.4 Å². The van der Waals surface area contributed by atoms with Crippen LogP contribution in [-0.4, -0.2) is 4.98 Å². The van der Waals surface area contributed by atoms with Gasteiger partial charge < -0.3 is 9.73 Å². The van der Waals surface area contributed by atoms with E-state index in [1.165, 1.54) is 10.9 Å². The zero-order chi connectivity index (χ0) is 14.1. The van der Waals surface area contributed by atoms with E-state index in [1.807, 2.05) is 44.2 Å². The largest absolute Gasteiger partial charge is 0.461 e. The topological polar surface area (TPSA) is 38.1 Å². The second kappa shape index (κ2) is 5.29. The Morgan fingerprint density at radius 3 is 2.75 bits per heavy atom. The third-order valence-electron chi connectivity index (χ3n) is 3.41. The molecule has 0 atom stereocenters. The van der Waals surface area contributed by atoms with Crippen LogP contribution in [0.25, 0.3) is 11.0 Å². The number of aryl methyl sites for hydroxylation is 2. The number of anilines is 1. The minimum absolute atomic E-state index is 0.729. The van der Waals surface area contributed by atoms with Crippen molar-refractivity contribution in [2.24, 2.45) is 0 Å². The molecule has 0 saturated heterocycles. The quantitative estimate of drug-likeness (QED) is 0.699. The minimum Gasteiger partial charge on any atom is -0.461 e. The van der Waals surface area contributed by atoms with Crippen molar-refractivity contribution in [3.8, 4) is 0 Å². The fraction of sp³-hybridized carbons (Fsp3) is 0.188. The number of nitrogens with one attached hydrogen (secondary N) is 1. The van der Waals surface area contributed by atoms with Gasteiger partial charge >= 0.3 is 0 Å². The van der Waals surface area contributed by atoms with Crippen molar-refractivity contribution in [1.82, 2.24) is 4.98 Å². The average Bonchev–Trinajstić information content (AvgIpc) is 2.74. The summed E-state index contributed by atoms with van der Waals surface area (Å²) in [4.78, 5) is 4.39. The van der Waals surface area contributed by atoms with Gasteiger partial charge in [-0.1, -0.05) is 18.2 Å². The van der Waals surface area contributed by atoms with Gasteiger partial charge in [0.15, 0.2) is 0 Å². The number of halogens is 1. The molecule has 1 aromatic carbocycles. The number of fused-ring (bicyclic) bond motifs is 1. The molecule has 1 N–H and O–H groups in total. The Labute approximate surface area is 126 Å². The van der Waals surface area contributed by atoms with Gasteiger partial charge in [0.25, 0.3) is 0 Å². The van der Waals surface area contributed by atoms with E-state index in [1.54, 1.807) is 0 Å². The highest BCUT2D eigenvalue weighted by atomic mass is 79.9. The molecule has 0 amide bonds. The highest BCUT2D eigenvalue weighted by molar-refractivity contribution is 9.10. The summed E-state index contributed by atoms with van der Waals surface area (Å²) in [6, 6.07) is 12.1. The maximum Gasteiger partial charge on any atom is 0.134 e. The summed E-state index contributed by atoms with van der Waals surface area (Å²) in [5, 5.41) is 4.60. The molecule has 0 spiro atoms. The van der Waals surface area contributed by atoms with Crippen LogP contribution in [0.1, 0.15) is 17.0 Å². The number of furan rings is 1. The second-order valence-corrected chi connectivity index (χ2v) is 5.57. The first-order valence-electron chi connectivity index (χ1n) is 6.49. The summed E-state index contributed by atoms with van der Waals surface area (Å²) >= 11 is 3.38. The Hall–Kier alpha value is -1.81. The molecule has 20 heavy (non-hydrogen) atoms. The molecule has 3 rings (SSSR count). The number of hydrogen-bond acceptors (Lipinski definition) is 3. The highest BCUT2D eigenvalue weighted by Gasteiger charge is 2.10. The predicted octanol–water partition coefficient (Wildman–Crippen LogP) is 4.82. The molecule has 0 aliphatic carbocycles. The standard InChI is InChI=1S/C16H15BrN2O/c1-10-14(7-8-16(17)19-10)18-9-13-11(2)20-15-6-4-3-5-12(13)15/h3-8,18H,9H2,1-2H3. The number of aromatic nitrogens is 1. The predicted molar refractivity (Wildman–Crippen MR) is 85.0 cm³/mol. The molecule has 4 heteroatoms. The van der Waals surface area contributed by atoms with E-state index >= 15 is 0 Å². The Balaban J connectivity index is 1.88. The molecule has 0 radical (unpaired) electrons. The van der Waals surface area contributed by atoms with Crippen molar-refractivity contribution in [3.05, 3.63) is 58.0 Å². The maximum absolute atomic E-state index is 5.77. The van der Waals surface area contributed by atoms with Crippen molar-refractivity contribution in [3.63, 3.8) is 0 Å². The first-order valence-corrected chi connectivity index (χ1v) is 7.28. The molecule has 3 aromatic rings. The summed E-state index contributed by atoms with van der Waals surface area (Å²) in [7, 11) is 0.